The second kappa shape index (κ2) is 7.15. The van der Waals surface area contributed by atoms with E-state index in [0.717, 1.165) is 0 Å². The summed E-state index contributed by atoms with van der Waals surface area (Å²) in [7, 11) is 0. The first-order valence-corrected chi connectivity index (χ1v) is 8.74. The molecule has 1 aromatic rings. The van der Waals surface area contributed by atoms with Gasteiger partial charge in [-0.15, -0.1) is 0 Å². The third kappa shape index (κ3) is 3.73. The SMILES string of the molecule is CC(OC(=O)OCc1ccc([N+](=O)[O-])cc1)[C@@H]1C(=O)N2[C@@H]1CCOC2(C)C. The lowest BCUT2D eigenvalue weighted by Gasteiger charge is -2.58. The molecule has 0 aromatic heterocycles. The highest BCUT2D eigenvalue weighted by Crippen LogP contribution is 2.42. The van der Waals surface area contributed by atoms with Crippen molar-refractivity contribution in [2.45, 2.75) is 51.7 Å². The molecule has 3 rings (SSSR count). The number of nitro groups is 1. The predicted molar refractivity (Wildman–Crippen MR) is 92.6 cm³/mol. The first-order valence-electron chi connectivity index (χ1n) is 8.74. The Labute approximate surface area is 156 Å². The van der Waals surface area contributed by atoms with Gasteiger partial charge in [0.05, 0.1) is 23.5 Å². The fraction of sp³-hybridized carbons (Fsp3) is 0.556. The molecule has 1 aromatic carbocycles. The number of carbonyl (C=O) groups is 2. The Hall–Kier alpha value is -2.68. The molecule has 0 radical (unpaired) electrons. The van der Waals surface area contributed by atoms with Crippen LogP contribution in [0.15, 0.2) is 24.3 Å². The second-order valence-electron chi connectivity index (χ2n) is 7.17. The van der Waals surface area contributed by atoms with Crippen molar-refractivity contribution in [2.24, 2.45) is 5.92 Å². The maximum atomic E-state index is 12.5. The zero-order chi connectivity index (χ0) is 19.8. The number of rotatable bonds is 5. The van der Waals surface area contributed by atoms with Crippen molar-refractivity contribution in [3.05, 3.63) is 39.9 Å². The van der Waals surface area contributed by atoms with E-state index in [1.807, 2.05) is 13.8 Å². The molecule has 1 unspecified atom stereocenters. The molecule has 2 aliphatic heterocycles. The number of β-lactam (4-membered cyclic amide) rings is 1. The number of hydrogen-bond acceptors (Lipinski definition) is 7. The van der Waals surface area contributed by atoms with Crippen LogP contribution in [0.5, 0.6) is 0 Å². The van der Waals surface area contributed by atoms with Crippen molar-refractivity contribution in [3.63, 3.8) is 0 Å². The van der Waals surface area contributed by atoms with E-state index in [4.69, 9.17) is 14.2 Å². The number of hydrogen-bond donors (Lipinski definition) is 0. The molecular weight excluding hydrogens is 356 g/mol. The Morgan fingerprint density at radius 2 is 2.07 bits per heavy atom. The van der Waals surface area contributed by atoms with Gasteiger partial charge < -0.3 is 19.1 Å². The van der Waals surface area contributed by atoms with Crippen molar-refractivity contribution in [2.75, 3.05) is 6.61 Å². The fourth-order valence-corrected chi connectivity index (χ4v) is 3.67. The van der Waals surface area contributed by atoms with Crippen molar-refractivity contribution in [3.8, 4) is 0 Å². The molecule has 9 heteroatoms. The van der Waals surface area contributed by atoms with Crippen LogP contribution in [0.25, 0.3) is 0 Å². The van der Waals surface area contributed by atoms with Gasteiger partial charge in [-0.05, 0) is 44.9 Å². The van der Waals surface area contributed by atoms with Crippen LogP contribution < -0.4 is 0 Å². The quantitative estimate of drug-likeness (QED) is 0.335. The smallest absolute Gasteiger partial charge is 0.430 e. The Morgan fingerprint density at radius 1 is 1.41 bits per heavy atom. The summed E-state index contributed by atoms with van der Waals surface area (Å²) in [6.45, 7) is 5.85. The molecule has 1 amide bonds. The number of ether oxygens (including phenoxy) is 3. The van der Waals surface area contributed by atoms with Crippen molar-refractivity contribution in [1.29, 1.82) is 0 Å². The third-order valence-corrected chi connectivity index (χ3v) is 5.01. The Balaban J connectivity index is 1.51. The van der Waals surface area contributed by atoms with E-state index in [1.54, 1.807) is 11.8 Å². The van der Waals surface area contributed by atoms with Gasteiger partial charge in [-0.1, -0.05) is 0 Å². The van der Waals surface area contributed by atoms with Crippen molar-refractivity contribution >= 4 is 17.7 Å². The molecule has 2 fully saturated rings. The van der Waals surface area contributed by atoms with E-state index >= 15 is 0 Å². The normalized spacial score (nSPS) is 24.4. The topological polar surface area (TPSA) is 108 Å². The molecule has 0 N–H and O–H groups in total. The van der Waals surface area contributed by atoms with Gasteiger partial charge in [0.25, 0.3) is 5.69 Å². The first-order chi connectivity index (χ1) is 12.7. The maximum Gasteiger partial charge on any atom is 0.508 e. The van der Waals surface area contributed by atoms with Crippen LogP contribution in [0.4, 0.5) is 10.5 Å². The molecule has 2 aliphatic rings. The van der Waals surface area contributed by atoms with Gasteiger partial charge in [-0.3, -0.25) is 14.9 Å². The van der Waals surface area contributed by atoms with E-state index < -0.39 is 28.8 Å². The Kier molecular flexibility index (Phi) is 5.05. The molecule has 2 saturated heterocycles. The van der Waals surface area contributed by atoms with Gasteiger partial charge in [-0.2, -0.15) is 0 Å². The lowest BCUT2D eigenvalue weighted by atomic mass is 9.78. The fourth-order valence-electron chi connectivity index (χ4n) is 3.67. The lowest BCUT2D eigenvalue weighted by Crippen LogP contribution is -2.73. The van der Waals surface area contributed by atoms with E-state index in [2.05, 4.69) is 0 Å². The zero-order valence-electron chi connectivity index (χ0n) is 15.4. The van der Waals surface area contributed by atoms with Gasteiger partial charge in [0.15, 0.2) is 0 Å². The summed E-state index contributed by atoms with van der Waals surface area (Å²) in [4.78, 5) is 36.2. The summed E-state index contributed by atoms with van der Waals surface area (Å²) in [5.74, 6) is -0.500. The predicted octanol–water partition coefficient (Wildman–Crippen LogP) is 2.62. The van der Waals surface area contributed by atoms with E-state index in [-0.39, 0.29) is 24.2 Å². The van der Waals surface area contributed by atoms with E-state index in [0.29, 0.717) is 18.6 Å². The van der Waals surface area contributed by atoms with Gasteiger partial charge in [-0.25, -0.2) is 4.79 Å². The van der Waals surface area contributed by atoms with Gasteiger partial charge in [0, 0.05) is 12.1 Å². The number of nitrogens with zero attached hydrogens (tertiary/aromatic N) is 2. The molecule has 0 spiro atoms. The minimum absolute atomic E-state index is 0.0151. The summed E-state index contributed by atoms with van der Waals surface area (Å²) < 4.78 is 15.9. The highest BCUT2D eigenvalue weighted by Gasteiger charge is 2.58. The number of benzene rings is 1. The molecule has 2 heterocycles. The van der Waals surface area contributed by atoms with Crippen LogP contribution in [0.2, 0.25) is 0 Å². The summed E-state index contributed by atoms with van der Waals surface area (Å²) in [6.07, 6.45) is -0.791. The summed E-state index contributed by atoms with van der Waals surface area (Å²) >= 11 is 0. The standard InChI is InChI=1S/C18H22N2O7/c1-11(15-14-8-9-26-18(2,3)19(14)16(15)21)27-17(22)25-10-12-4-6-13(7-5-12)20(23)24/h4-7,11,14-15H,8-10H2,1-3H3/t11?,14-,15+/m1/s1. The molecular formula is C18H22N2O7. The minimum Gasteiger partial charge on any atom is -0.430 e. The number of nitro benzene ring substituents is 1. The third-order valence-electron chi connectivity index (χ3n) is 5.01. The van der Waals surface area contributed by atoms with Crippen LogP contribution in [0.1, 0.15) is 32.8 Å². The maximum absolute atomic E-state index is 12.5. The minimum atomic E-state index is -0.876. The average molecular weight is 378 g/mol. The average Bonchev–Trinajstić information content (AvgIpc) is 2.58. The monoisotopic (exact) mass is 378 g/mol. The lowest BCUT2D eigenvalue weighted by molar-refractivity contribution is -0.384. The Morgan fingerprint density at radius 3 is 2.70 bits per heavy atom. The highest BCUT2D eigenvalue weighted by molar-refractivity contribution is 5.87. The molecule has 0 saturated carbocycles. The number of amides is 1. The van der Waals surface area contributed by atoms with Crippen LogP contribution >= 0.6 is 0 Å². The summed E-state index contributed by atoms with van der Waals surface area (Å²) in [6, 6.07) is 5.67. The molecule has 146 valence electrons. The summed E-state index contributed by atoms with van der Waals surface area (Å²) in [5.41, 5.74) is -0.0863. The second-order valence-corrected chi connectivity index (χ2v) is 7.17. The molecule has 27 heavy (non-hydrogen) atoms. The first kappa shape index (κ1) is 19.1. The van der Waals surface area contributed by atoms with Crippen molar-refractivity contribution in [1.82, 2.24) is 4.90 Å². The zero-order valence-corrected chi connectivity index (χ0v) is 15.4. The number of non-ortho nitro benzene ring substituents is 1. The molecule has 0 aliphatic carbocycles. The Bertz CT molecular complexity index is 747. The molecule has 3 atom stereocenters. The van der Waals surface area contributed by atoms with E-state index in [1.165, 1.54) is 24.3 Å². The number of carbonyl (C=O) groups excluding carboxylic acids is 2. The van der Waals surface area contributed by atoms with Crippen LogP contribution in [-0.4, -0.2) is 46.4 Å². The van der Waals surface area contributed by atoms with Crippen LogP contribution in [0.3, 0.4) is 0 Å². The largest absolute Gasteiger partial charge is 0.508 e. The van der Waals surface area contributed by atoms with Gasteiger partial charge in [0.2, 0.25) is 5.91 Å². The summed E-state index contributed by atoms with van der Waals surface area (Å²) in [5, 5.41) is 10.6. The van der Waals surface area contributed by atoms with Crippen LogP contribution in [-0.2, 0) is 25.6 Å². The molecule has 0 bridgehead atoms. The molecule has 9 nitrogen and oxygen atoms in total. The van der Waals surface area contributed by atoms with Crippen LogP contribution in [0, 0.1) is 16.0 Å². The van der Waals surface area contributed by atoms with Crippen molar-refractivity contribution < 1.29 is 28.7 Å². The van der Waals surface area contributed by atoms with E-state index in [9.17, 15) is 19.7 Å². The number of fused-ring (bicyclic) bond motifs is 1. The highest BCUT2D eigenvalue weighted by atomic mass is 16.7. The van der Waals surface area contributed by atoms with Gasteiger partial charge >= 0.3 is 6.16 Å². The van der Waals surface area contributed by atoms with Gasteiger partial charge in [0.1, 0.15) is 18.4 Å².